The van der Waals surface area contributed by atoms with Crippen molar-refractivity contribution >= 4 is 5.78 Å². The van der Waals surface area contributed by atoms with Crippen molar-refractivity contribution in [3.63, 3.8) is 0 Å². The molecule has 0 aliphatic carbocycles. The normalized spacial score (nSPS) is 20.5. The Morgan fingerprint density at radius 2 is 1.87 bits per heavy atom. The smallest absolute Gasteiger partial charge is 0.303 e. The molecule has 1 aliphatic rings. The molecule has 0 N–H and O–H groups in total. The van der Waals surface area contributed by atoms with Crippen LogP contribution in [-0.4, -0.2) is 36.5 Å². The van der Waals surface area contributed by atoms with Crippen LogP contribution in [0.25, 0.3) is 0 Å². The van der Waals surface area contributed by atoms with Crippen LogP contribution in [0.3, 0.4) is 0 Å². The van der Waals surface area contributed by atoms with Crippen LogP contribution in [0.15, 0.2) is 0 Å². The van der Waals surface area contributed by atoms with Gasteiger partial charge < -0.3 is 4.90 Å². The largest absolute Gasteiger partial charge is 0.390 e. The standard InChI is InChI=1S/C10H16F3NO/c1-8(15)9-2-5-14(6-3-9)7-4-10(11,12)13/h9H,2-7H2,1H3. The number of piperidine rings is 1. The molecule has 1 saturated heterocycles. The first kappa shape index (κ1) is 12.5. The molecule has 5 heteroatoms. The van der Waals surface area contributed by atoms with E-state index in [1.165, 1.54) is 0 Å². The minimum Gasteiger partial charge on any atom is -0.303 e. The molecule has 0 amide bonds. The first-order valence-electron chi connectivity index (χ1n) is 5.18. The van der Waals surface area contributed by atoms with Crippen molar-refractivity contribution in [2.45, 2.75) is 32.4 Å². The van der Waals surface area contributed by atoms with Gasteiger partial charge in [-0.3, -0.25) is 4.79 Å². The Balaban J connectivity index is 2.23. The van der Waals surface area contributed by atoms with Gasteiger partial charge in [-0.05, 0) is 32.9 Å². The third-order valence-corrected chi connectivity index (χ3v) is 2.87. The summed E-state index contributed by atoms with van der Waals surface area (Å²) in [4.78, 5) is 12.8. The molecule has 1 aliphatic heterocycles. The minimum absolute atomic E-state index is 0.0622. The van der Waals surface area contributed by atoms with Crippen molar-refractivity contribution in [2.24, 2.45) is 5.92 Å². The molecule has 0 aromatic carbocycles. The summed E-state index contributed by atoms with van der Waals surface area (Å²) in [5.74, 6) is 0.220. The molecule has 88 valence electrons. The van der Waals surface area contributed by atoms with Crippen molar-refractivity contribution < 1.29 is 18.0 Å². The summed E-state index contributed by atoms with van der Waals surface area (Å²) < 4.78 is 35.8. The van der Waals surface area contributed by atoms with E-state index in [2.05, 4.69) is 0 Å². The van der Waals surface area contributed by atoms with Crippen LogP contribution in [0.5, 0.6) is 0 Å². The maximum absolute atomic E-state index is 11.9. The number of carbonyl (C=O) groups is 1. The molecule has 15 heavy (non-hydrogen) atoms. The van der Waals surface area contributed by atoms with Gasteiger partial charge in [0.15, 0.2) is 0 Å². The second kappa shape index (κ2) is 4.96. The molecule has 0 unspecified atom stereocenters. The summed E-state index contributed by atoms with van der Waals surface area (Å²) in [7, 11) is 0. The highest BCUT2D eigenvalue weighted by molar-refractivity contribution is 5.78. The monoisotopic (exact) mass is 223 g/mol. The maximum Gasteiger partial charge on any atom is 0.390 e. The van der Waals surface area contributed by atoms with Gasteiger partial charge in [0.1, 0.15) is 5.78 Å². The molecule has 0 spiro atoms. The molecular formula is C10H16F3NO. The van der Waals surface area contributed by atoms with Gasteiger partial charge in [-0.1, -0.05) is 0 Å². The van der Waals surface area contributed by atoms with E-state index in [4.69, 9.17) is 0 Å². The zero-order valence-corrected chi connectivity index (χ0v) is 8.81. The first-order chi connectivity index (χ1) is 6.88. The first-order valence-corrected chi connectivity index (χ1v) is 5.18. The Morgan fingerprint density at radius 1 is 1.33 bits per heavy atom. The second-order valence-corrected chi connectivity index (χ2v) is 4.09. The molecule has 0 radical (unpaired) electrons. The Kier molecular flexibility index (Phi) is 4.13. The third-order valence-electron chi connectivity index (χ3n) is 2.87. The van der Waals surface area contributed by atoms with Gasteiger partial charge in [0.2, 0.25) is 0 Å². The van der Waals surface area contributed by atoms with E-state index in [1.54, 1.807) is 11.8 Å². The van der Waals surface area contributed by atoms with Crippen LogP contribution < -0.4 is 0 Å². The average molecular weight is 223 g/mol. The highest BCUT2D eigenvalue weighted by atomic mass is 19.4. The lowest BCUT2D eigenvalue weighted by molar-refractivity contribution is -0.139. The molecular weight excluding hydrogens is 207 g/mol. The lowest BCUT2D eigenvalue weighted by Gasteiger charge is -2.30. The molecule has 2 nitrogen and oxygen atoms in total. The molecule has 0 saturated carbocycles. The van der Waals surface area contributed by atoms with Gasteiger partial charge in [0.25, 0.3) is 0 Å². The van der Waals surface area contributed by atoms with Crippen LogP contribution >= 0.6 is 0 Å². The van der Waals surface area contributed by atoms with Crippen molar-refractivity contribution in [2.75, 3.05) is 19.6 Å². The molecule has 0 atom stereocenters. The quantitative estimate of drug-likeness (QED) is 0.731. The van der Waals surface area contributed by atoms with E-state index < -0.39 is 12.6 Å². The van der Waals surface area contributed by atoms with Crippen molar-refractivity contribution in [3.8, 4) is 0 Å². The number of rotatable bonds is 3. The van der Waals surface area contributed by atoms with E-state index >= 15 is 0 Å². The fraction of sp³-hybridized carbons (Fsp3) is 0.900. The van der Waals surface area contributed by atoms with Crippen LogP contribution in [0.1, 0.15) is 26.2 Å². The topological polar surface area (TPSA) is 20.3 Å². The lowest BCUT2D eigenvalue weighted by Crippen LogP contribution is -2.37. The summed E-state index contributed by atoms with van der Waals surface area (Å²) in [5.41, 5.74) is 0. The van der Waals surface area contributed by atoms with Crippen LogP contribution in [0, 0.1) is 5.92 Å². The number of hydrogen-bond donors (Lipinski definition) is 0. The Bertz CT molecular complexity index is 219. The van der Waals surface area contributed by atoms with E-state index in [-0.39, 0.29) is 18.2 Å². The van der Waals surface area contributed by atoms with Crippen LogP contribution in [0.2, 0.25) is 0 Å². The third kappa shape index (κ3) is 4.64. The van der Waals surface area contributed by atoms with E-state index in [9.17, 15) is 18.0 Å². The molecule has 1 fully saturated rings. The molecule has 1 heterocycles. The molecule has 1 rings (SSSR count). The van der Waals surface area contributed by atoms with Gasteiger partial charge in [-0.2, -0.15) is 13.2 Å². The highest BCUT2D eigenvalue weighted by Crippen LogP contribution is 2.22. The molecule has 0 aromatic heterocycles. The molecule has 0 aromatic rings. The van der Waals surface area contributed by atoms with E-state index in [0.717, 1.165) is 0 Å². The van der Waals surface area contributed by atoms with Gasteiger partial charge >= 0.3 is 6.18 Å². The zero-order valence-electron chi connectivity index (χ0n) is 8.81. The van der Waals surface area contributed by atoms with E-state index in [1.807, 2.05) is 0 Å². The maximum atomic E-state index is 11.9. The van der Waals surface area contributed by atoms with Crippen LogP contribution in [-0.2, 0) is 4.79 Å². The zero-order chi connectivity index (χ0) is 11.5. The van der Waals surface area contributed by atoms with Crippen molar-refractivity contribution in [1.82, 2.24) is 4.90 Å². The Morgan fingerprint density at radius 3 is 2.27 bits per heavy atom. The van der Waals surface area contributed by atoms with Crippen molar-refractivity contribution in [3.05, 3.63) is 0 Å². The number of ketones is 1. The fourth-order valence-corrected chi connectivity index (χ4v) is 1.85. The lowest BCUT2D eigenvalue weighted by atomic mass is 9.93. The number of halogens is 3. The number of nitrogens with zero attached hydrogens (tertiary/aromatic N) is 1. The summed E-state index contributed by atoms with van der Waals surface area (Å²) in [5, 5.41) is 0. The second-order valence-electron chi connectivity index (χ2n) is 4.09. The van der Waals surface area contributed by atoms with E-state index in [0.29, 0.717) is 25.9 Å². The number of likely N-dealkylation sites (tertiary alicyclic amines) is 1. The van der Waals surface area contributed by atoms with Crippen molar-refractivity contribution in [1.29, 1.82) is 0 Å². The number of carbonyl (C=O) groups excluding carboxylic acids is 1. The van der Waals surface area contributed by atoms with Gasteiger partial charge in [0, 0.05) is 12.5 Å². The predicted molar refractivity (Wildman–Crippen MR) is 50.5 cm³/mol. The number of hydrogen-bond acceptors (Lipinski definition) is 2. The average Bonchev–Trinajstić information content (AvgIpc) is 2.14. The highest BCUT2D eigenvalue weighted by Gasteiger charge is 2.29. The van der Waals surface area contributed by atoms with Gasteiger partial charge in [-0.25, -0.2) is 0 Å². The Hall–Kier alpha value is -0.580. The summed E-state index contributed by atoms with van der Waals surface area (Å²) in [6.45, 7) is 2.84. The minimum atomic E-state index is -4.07. The summed E-state index contributed by atoms with van der Waals surface area (Å²) in [6.07, 6.45) is -3.42. The Labute approximate surface area is 87.4 Å². The van der Waals surface area contributed by atoms with Gasteiger partial charge in [-0.15, -0.1) is 0 Å². The fourth-order valence-electron chi connectivity index (χ4n) is 1.85. The SMILES string of the molecule is CC(=O)C1CCN(CCC(F)(F)F)CC1. The summed E-state index contributed by atoms with van der Waals surface area (Å²) >= 11 is 0. The van der Waals surface area contributed by atoms with Gasteiger partial charge in [0.05, 0.1) is 6.42 Å². The molecule has 0 bridgehead atoms. The van der Waals surface area contributed by atoms with Crippen LogP contribution in [0.4, 0.5) is 13.2 Å². The summed E-state index contributed by atoms with van der Waals surface area (Å²) in [6, 6.07) is 0. The number of alkyl halides is 3. The number of Topliss-reactive ketones (excluding diaryl/α,β-unsaturated/α-hetero) is 1. The predicted octanol–water partition coefficient (Wildman–Crippen LogP) is 2.24.